The lowest BCUT2D eigenvalue weighted by atomic mass is 9.89. The quantitative estimate of drug-likeness (QED) is 0.690. The molecule has 0 aliphatic heterocycles. The minimum atomic E-state index is 0.613. The third-order valence-electron chi connectivity index (χ3n) is 4.38. The molecule has 76 valence electrons. The third kappa shape index (κ3) is 1.41. The smallest absolute Gasteiger partial charge is 0.00179 e. The van der Waals surface area contributed by atoms with Crippen molar-refractivity contribution in [2.75, 3.05) is 13.6 Å². The SMILES string of the molecule is CNCC1CC12CC(C)(C)CC2C. The predicted octanol–water partition coefficient (Wildman–Crippen LogP) is 2.67. The highest BCUT2D eigenvalue weighted by atomic mass is 14.9. The molecule has 0 aromatic heterocycles. The molecule has 2 saturated carbocycles. The Kier molecular flexibility index (Phi) is 1.99. The zero-order valence-corrected chi connectivity index (χ0v) is 9.48. The molecule has 0 amide bonds. The summed E-state index contributed by atoms with van der Waals surface area (Å²) in [4.78, 5) is 0. The Morgan fingerprint density at radius 3 is 2.46 bits per heavy atom. The van der Waals surface area contributed by atoms with Crippen molar-refractivity contribution in [3.05, 3.63) is 0 Å². The minimum Gasteiger partial charge on any atom is -0.319 e. The largest absolute Gasteiger partial charge is 0.319 e. The van der Waals surface area contributed by atoms with Crippen LogP contribution in [-0.4, -0.2) is 13.6 Å². The van der Waals surface area contributed by atoms with E-state index in [1.807, 2.05) is 0 Å². The Labute approximate surface area is 82.3 Å². The molecule has 2 aliphatic rings. The Bertz CT molecular complexity index is 209. The number of hydrogen-bond acceptors (Lipinski definition) is 1. The van der Waals surface area contributed by atoms with Gasteiger partial charge in [0.25, 0.3) is 0 Å². The molecule has 2 fully saturated rings. The van der Waals surface area contributed by atoms with E-state index in [1.54, 1.807) is 0 Å². The molecule has 0 radical (unpaired) electrons. The zero-order valence-electron chi connectivity index (χ0n) is 9.48. The molecule has 3 atom stereocenters. The van der Waals surface area contributed by atoms with Crippen LogP contribution >= 0.6 is 0 Å². The second kappa shape index (κ2) is 2.73. The van der Waals surface area contributed by atoms with Crippen LogP contribution in [0.2, 0.25) is 0 Å². The van der Waals surface area contributed by atoms with Gasteiger partial charge in [0.1, 0.15) is 0 Å². The second-order valence-electron chi connectivity index (χ2n) is 6.14. The van der Waals surface area contributed by atoms with E-state index < -0.39 is 0 Å². The highest BCUT2D eigenvalue weighted by molar-refractivity contribution is 5.12. The van der Waals surface area contributed by atoms with Gasteiger partial charge >= 0.3 is 0 Å². The molecule has 0 saturated heterocycles. The molecule has 0 aromatic rings. The second-order valence-corrected chi connectivity index (χ2v) is 6.14. The first-order valence-electron chi connectivity index (χ1n) is 5.65. The molecule has 0 aromatic carbocycles. The van der Waals surface area contributed by atoms with E-state index in [9.17, 15) is 0 Å². The van der Waals surface area contributed by atoms with Gasteiger partial charge in [0, 0.05) is 0 Å². The number of nitrogens with one attached hydrogen (secondary N) is 1. The fourth-order valence-corrected chi connectivity index (χ4v) is 3.91. The van der Waals surface area contributed by atoms with Crippen molar-refractivity contribution in [3.63, 3.8) is 0 Å². The molecule has 1 heteroatoms. The van der Waals surface area contributed by atoms with Gasteiger partial charge in [-0.15, -0.1) is 0 Å². The monoisotopic (exact) mass is 181 g/mol. The lowest BCUT2D eigenvalue weighted by molar-refractivity contribution is 0.332. The number of hydrogen-bond donors (Lipinski definition) is 1. The van der Waals surface area contributed by atoms with Crippen LogP contribution in [-0.2, 0) is 0 Å². The van der Waals surface area contributed by atoms with E-state index in [-0.39, 0.29) is 0 Å². The van der Waals surface area contributed by atoms with Gasteiger partial charge in [0.2, 0.25) is 0 Å². The highest BCUT2D eigenvalue weighted by Gasteiger charge is 2.62. The van der Waals surface area contributed by atoms with Crippen molar-refractivity contribution >= 4 is 0 Å². The molecule has 1 spiro atoms. The maximum atomic E-state index is 3.33. The van der Waals surface area contributed by atoms with Gasteiger partial charge in [-0.2, -0.15) is 0 Å². The van der Waals surface area contributed by atoms with E-state index in [2.05, 4.69) is 33.1 Å². The summed E-state index contributed by atoms with van der Waals surface area (Å²) in [5, 5.41) is 3.33. The summed E-state index contributed by atoms with van der Waals surface area (Å²) in [6.07, 6.45) is 4.39. The summed E-state index contributed by atoms with van der Waals surface area (Å²) in [6, 6.07) is 0. The molecule has 13 heavy (non-hydrogen) atoms. The fraction of sp³-hybridized carbons (Fsp3) is 1.00. The van der Waals surface area contributed by atoms with Crippen molar-refractivity contribution in [1.29, 1.82) is 0 Å². The first-order chi connectivity index (χ1) is 6.00. The topological polar surface area (TPSA) is 12.0 Å². The average molecular weight is 181 g/mol. The van der Waals surface area contributed by atoms with E-state index in [0.717, 1.165) is 17.3 Å². The maximum absolute atomic E-state index is 3.33. The maximum Gasteiger partial charge on any atom is -0.00179 e. The van der Waals surface area contributed by atoms with Crippen molar-refractivity contribution in [1.82, 2.24) is 5.32 Å². The van der Waals surface area contributed by atoms with Gasteiger partial charge in [-0.3, -0.25) is 0 Å². The van der Waals surface area contributed by atoms with Crippen molar-refractivity contribution in [2.45, 2.75) is 40.0 Å². The van der Waals surface area contributed by atoms with Gasteiger partial charge < -0.3 is 5.32 Å². The zero-order chi connectivity index (χ0) is 9.69. The van der Waals surface area contributed by atoms with Crippen LogP contribution in [0.3, 0.4) is 0 Å². The van der Waals surface area contributed by atoms with E-state index in [0.29, 0.717) is 5.41 Å². The van der Waals surface area contributed by atoms with Gasteiger partial charge in [-0.25, -0.2) is 0 Å². The lowest BCUT2D eigenvalue weighted by Gasteiger charge is -2.17. The van der Waals surface area contributed by atoms with Gasteiger partial charge in [-0.1, -0.05) is 20.8 Å². The summed E-state index contributed by atoms with van der Waals surface area (Å²) in [7, 11) is 2.08. The summed E-state index contributed by atoms with van der Waals surface area (Å²) >= 11 is 0. The molecule has 1 N–H and O–H groups in total. The van der Waals surface area contributed by atoms with Crippen molar-refractivity contribution in [2.24, 2.45) is 22.7 Å². The van der Waals surface area contributed by atoms with E-state index >= 15 is 0 Å². The Morgan fingerprint density at radius 2 is 2.00 bits per heavy atom. The van der Waals surface area contributed by atoms with Crippen LogP contribution < -0.4 is 5.32 Å². The first kappa shape index (κ1) is 9.51. The minimum absolute atomic E-state index is 0.613. The Morgan fingerprint density at radius 1 is 1.31 bits per heavy atom. The first-order valence-corrected chi connectivity index (χ1v) is 5.65. The Balaban J connectivity index is 2.03. The Hall–Kier alpha value is -0.0400. The summed E-state index contributed by atoms with van der Waals surface area (Å²) in [6.45, 7) is 8.57. The molecule has 0 heterocycles. The van der Waals surface area contributed by atoms with Crippen LogP contribution in [0, 0.1) is 22.7 Å². The van der Waals surface area contributed by atoms with Crippen LogP contribution in [0.15, 0.2) is 0 Å². The standard InChI is InChI=1S/C12H23N/c1-9-5-11(2,3)8-12(9)6-10(12)7-13-4/h9-10,13H,5-8H2,1-4H3. The van der Waals surface area contributed by atoms with E-state index in [1.165, 1.54) is 25.8 Å². The third-order valence-corrected chi connectivity index (χ3v) is 4.38. The predicted molar refractivity (Wildman–Crippen MR) is 56.6 cm³/mol. The van der Waals surface area contributed by atoms with Gasteiger partial charge in [0.05, 0.1) is 0 Å². The van der Waals surface area contributed by atoms with Crippen molar-refractivity contribution < 1.29 is 0 Å². The highest BCUT2D eigenvalue weighted by Crippen LogP contribution is 2.69. The normalized spacial score (nSPS) is 47.1. The van der Waals surface area contributed by atoms with Gasteiger partial charge in [0.15, 0.2) is 0 Å². The summed E-state index contributed by atoms with van der Waals surface area (Å²) in [5.74, 6) is 1.94. The molecule has 2 rings (SSSR count). The molecule has 3 unspecified atom stereocenters. The number of rotatable bonds is 2. The summed E-state index contributed by atoms with van der Waals surface area (Å²) < 4.78 is 0. The molecular weight excluding hydrogens is 158 g/mol. The van der Waals surface area contributed by atoms with Crippen LogP contribution in [0.1, 0.15) is 40.0 Å². The molecular formula is C12H23N. The molecule has 1 nitrogen and oxygen atoms in total. The summed E-state index contributed by atoms with van der Waals surface area (Å²) in [5.41, 5.74) is 1.36. The van der Waals surface area contributed by atoms with Crippen LogP contribution in [0.5, 0.6) is 0 Å². The lowest BCUT2D eigenvalue weighted by Crippen LogP contribution is -2.17. The fourth-order valence-electron chi connectivity index (χ4n) is 3.91. The van der Waals surface area contributed by atoms with Crippen LogP contribution in [0.25, 0.3) is 0 Å². The van der Waals surface area contributed by atoms with Crippen molar-refractivity contribution in [3.8, 4) is 0 Å². The molecule has 2 aliphatic carbocycles. The molecule has 0 bridgehead atoms. The average Bonchev–Trinajstić information content (AvgIpc) is 2.56. The van der Waals surface area contributed by atoms with Crippen LogP contribution in [0.4, 0.5) is 0 Å². The van der Waals surface area contributed by atoms with Gasteiger partial charge in [-0.05, 0) is 55.5 Å². The van der Waals surface area contributed by atoms with E-state index in [4.69, 9.17) is 0 Å².